The third kappa shape index (κ3) is 2.37. The first-order valence-corrected chi connectivity index (χ1v) is 6.61. The second-order valence-corrected chi connectivity index (χ2v) is 5.03. The quantitative estimate of drug-likeness (QED) is 0.867. The van der Waals surface area contributed by atoms with Gasteiger partial charge in [-0.15, -0.1) is 5.10 Å². The molecule has 2 aromatic heterocycles. The van der Waals surface area contributed by atoms with Crippen LogP contribution in [-0.4, -0.2) is 46.3 Å². The smallest absolute Gasteiger partial charge is 0.245 e. The molecule has 0 radical (unpaired) electrons. The summed E-state index contributed by atoms with van der Waals surface area (Å²) in [6, 6.07) is 1.97. The Labute approximate surface area is 113 Å². The average Bonchev–Trinajstić information content (AvgIpc) is 2.89. The van der Waals surface area contributed by atoms with Gasteiger partial charge in [0.05, 0.1) is 0 Å². The van der Waals surface area contributed by atoms with Gasteiger partial charge in [-0.1, -0.05) is 0 Å². The first kappa shape index (κ1) is 11.6. The van der Waals surface area contributed by atoms with Gasteiger partial charge in [-0.25, -0.2) is 0 Å². The molecule has 0 atom stereocenters. The molecule has 0 spiro atoms. The minimum absolute atomic E-state index is 0.748. The lowest BCUT2D eigenvalue weighted by atomic mass is 10.3. The molecule has 0 aromatic carbocycles. The number of aromatic amines is 1. The molecule has 2 aromatic rings. The number of hydrogen-bond acceptors (Lipinski definition) is 5. The van der Waals surface area contributed by atoms with Crippen molar-refractivity contribution in [3.05, 3.63) is 22.9 Å². The second-order valence-electron chi connectivity index (χ2n) is 4.11. The summed E-state index contributed by atoms with van der Waals surface area (Å²) in [5.74, 6) is 1.50. The van der Waals surface area contributed by atoms with Crippen molar-refractivity contribution in [1.29, 1.82) is 0 Å². The van der Waals surface area contributed by atoms with Gasteiger partial charge in [0.15, 0.2) is 5.82 Å². The summed E-state index contributed by atoms with van der Waals surface area (Å²) < 4.78 is 0.931. The number of pyridine rings is 1. The Morgan fingerprint density at radius 2 is 2.06 bits per heavy atom. The van der Waals surface area contributed by atoms with Gasteiger partial charge < -0.3 is 10.2 Å². The molecular formula is C11H13BrN6. The van der Waals surface area contributed by atoms with E-state index in [4.69, 9.17) is 0 Å². The Morgan fingerprint density at radius 3 is 2.83 bits per heavy atom. The molecule has 0 aliphatic carbocycles. The molecule has 1 aliphatic rings. The zero-order valence-electron chi connectivity index (χ0n) is 9.73. The van der Waals surface area contributed by atoms with Crippen molar-refractivity contribution in [2.24, 2.45) is 0 Å². The van der Waals surface area contributed by atoms with Crippen molar-refractivity contribution in [3.8, 4) is 11.4 Å². The van der Waals surface area contributed by atoms with Crippen molar-refractivity contribution >= 4 is 21.9 Å². The Morgan fingerprint density at radius 1 is 1.22 bits per heavy atom. The first-order valence-electron chi connectivity index (χ1n) is 5.82. The Hall–Kier alpha value is -1.47. The Bertz CT molecular complexity index is 534. The van der Waals surface area contributed by atoms with Crippen LogP contribution in [0.1, 0.15) is 0 Å². The van der Waals surface area contributed by atoms with E-state index in [9.17, 15) is 0 Å². The second kappa shape index (κ2) is 5.03. The maximum Gasteiger partial charge on any atom is 0.245 e. The summed E-state index contributed by atoms with van der Waals surface area (Å²) in [5, 5.41) is 10.5. The van der Waals surface area contributed by atoms with Crippen molar-refractivity contribution in [1.82, 2.24) is 25.5 Å². The van der Waals surface area contributed by atoms with Crippen LogP contribution in [0, 0.1) is 0 Å². The number of nitrogens with zero attached hydrogens (tertiary/aromatic N) is 4. The van der Waals surface area contributed by atoms with Crippen molar-refractivity contribution in [2.45, 2.75) is 0 Å². The van der Waals surface area contributed by atoms with Gasteiger partial charge >= 0.3 is 0 Å². The minimum atomic E-state index is 0.748. The van der Waals surface area contributed by atoms with Gasteiger partial charge in [0.1, 0.15) is 0 Å². The number of H-pyrrole nitrogens is 1. The first-order chi connectivity index (χ1) is 8.83. The Kier molecular flexibility index (Phi) is 3.24. The molecule has 0 unspecified atom stereocenters. The van der Waals surface area contributed by atoms with E-state index in [1.54, 1.807) is 12.4 Å². The molecule has 94 valence electrons. The fourth-order valence-corrected chi connectivity index (χ4v) is 2.29. The van der Waals surface area contributed by atoms with Crippen LogP contribution in [0.3, 0.4) is 0 Å². The van der Waals surface area contributed by atoms with Crippen LogP contribution in [0.2, 0.25) is 0 Å². The van der Waals surface area contributed by atoms with Gasteiger partial charge in [0.2, 0.25) is 5.95 Å². The number of aromatic nitrogens is 4. The highest BCUT2D eigenvalue weighted by molar-refractivity contribution is 9.10. The topological polar surface area (TPSA) is 69.7 Å². The molecule has 18 heavy (non-hydrogen) atoms. The molecular weight excluding hydrogens is 296 g/mol. The third-order valence-electron chi connectivity index (χ3n) is 2.85. The molecule has 1 fully saturated rings. The minimum Gasteiger partial charge on any atom is -0.337 e. The van der Waals surface area contributed by atoms with Crippen LogP contribution in [0.15, 0.2) is 22.9 Å². The van der Waals surface area contributed by atoms with E-state index in [-0.39, 0.29) is 0 Å². The summed E-state index contributed by atoms with van der Waals surface area (Å²) >= 11 is 3.40. The SMILES string of the molecule is Brc1cncc(-c2nc(N3CCNCC3)n[nH]2)c1. The number of nitrogens with one attached hydrogen (secondary N) is 2. The van der Waals surface area contributed by atoms with Gasteiger partial charge in [-0.05, 0) is 22.0 Å². The lowest BCUT2D eigenvalue weighted by Crippen LogP contribution is -2.44. The molecule has 0 amide bonds. The van der Waals surface area contributed by atoms with Gasteiger partial charge in [0.25, 0.3) is 0 Å². The predicted octanol–water partition coefficient (Wildman–Crippen LogP) is 1.04. The standard InChI is InChI=1S/C11H13BrN6/c12-9-5-8(6-14-7-9)10-15-11(17-16-10)18-3-1-13-2-4-18/h5-7,13H,1-4H2,(H,15,16,17). The normalized spacial score (nSPS) is 15.9. The maximum atomic E-state index is 4.52. The van der Waals surface area contributed by atoms with Crippen LogP contribution >= 0.6 is 15.9 Å². The number of halogens is 1. The number of anilines is 1. The zero-order chi connectivity index (χ0) is 12.4. The molecule has 1 aliphatic heterocycles. The lowest BCUT2D eigenvalue weighted by Gasteiger charge is -2.25. The van der Waals surface area contributed by atoms with E-state index in [1.807, 2.05) is 6.07 Å². The van der Waals surface area contributed by atoms with Gasteiger partial charge in [0, 0.05) is 48.6 Å². The van der Waals surface area contributed by atoms with Crippen molar-refractivity contribution in [3.63, 3.8) is 0 Å². The van der Waals surface area contributed by atoms with Crippen molar-refractivity contribution in [2.75, 3.05) is 31.1 Å². The van der Waals surface area contributed by atoms with Crippen LogP contribution in [0.5, 0.6) is 0 Å². The number of piperazine rings is 1. The average molecular weight is 309 g/mol. The van der Waals surface area contributed by atoms with Crippen LogP contribution < -0.4 is 10.2 Å². The van der Waals surface area contributed by atoms with Crippen LogP contribution in [0.4, 0.5) is 5.95 Å². The van der Waals surface area contributed by atoms with Crippen molar-refractivity contribution < 1.29 is 0 Å². The highest BCUT2D eigenvalue weighted by atomic mass is 79.9. The molecule has 0 bridgehead atoms. The molecule has 3 rings (SSSR count). The van der Waals surface area contributed by atoms with E-state index < -0.39 is 0 Å². The fraction of sp³-hybridized carbons (Fsp3) is 0.364. The predicted molar refractivity (Wildman–Crippen MR) is 72.4 cm³/mol. The zero-order valence-corrected chi connectivity index (χ0v) is 11.3. The van der Waals surface area contributed by atoms with E-state index in [0.29, 0.717) is 0 Å². The summed E-state index contributed by atoms with van der Waals surface area (Å²) in [6.45, 7) is 3.83. The summed E-state index contributed by atoms with van der Waals surface area (Å²) in [4.78, 5) is 10.8. The molecule has 3 heterocycles. The summed E-state index contributed by atoms with van der Waals surface area (Å²) in [6.07, 6.45) is 3.52. The maximum absolute atomic E-state index is 4.52. The molecule has 0 saturated carbocycles. The summed E-state index contributed by atoms with van der Waals surface area (Å²) in [5.41, 5.74) is 0.929. The molecule has 7 heteroatoms. The highest BCUT2D eigenvalue weighted by Crippen LogP contribution is 2.20. The molecule has 2 N–H and O–H groups in total. The summed E-state index contributed by atoms with van der Waals surface area (Å²) in [7, 11) is 0. The van der Waals surface area contributed by atoms with Gasteiger partial charge in [-0.3, -0.25) is 10.1 Å². The molecule has 6 nitrogen and oxygen atoms in total. The molecule has 1 saturated heterocycles. The van der Waals surface area contributed by atoms with Crippen LogP contribution in [0.25, 0.3) is 11.4 Å². The largest absolute Gasteiger partial charge is 0.337 e. The van der Waals surface area contributed by atoms with E-state index in [2.05, 4.69) is 46.3 Å². The van der Waals surface area contributed by atoms with Gasteiger partial charge in [-0.2, -0.15) is 4.98 Å². The van der Waals surface area contributed by atoms with E-state index >= 15 is 0 Å². The number of hydrogen-bond donors (Lipinski definition) is 2. The van der Waals surface area contributed by atoms with E-state index in [0.717, 1.165) is 48.0 Å². The third-order valence-corrected chi connectivity index (χ3v) is 3.29. The lowest BCUT2D eigenvalue weighted by molar-refractivity contribution is 0.580. The monoisotopic (exact) mass is 308 g/mol. The van der Waals surface area contributed by atoms with E-state index in [1.165, 1.54) is 0 Å². The number of rotatable bonds is 2. The van der Waals surface area contributed by atoms with Crippen LogP contribution in [-0.2, 0) is 0 Å². The Balaban J connectivity index is 1.84. The fourth-order valence-electron chi connectivity index (χ4n) is 1.93. The highest BCUT2D eigenvalue weighted by Gasteiger charge is 2.15.